The quantitative estimate of drug-likeness (QED) is 0.498. The van der Waals surface area contributed by atoms with E-state index in [1.54, 1.807) is 0 Å². The zero-order chi connectivity index (χ0) is 8.81. The van der Waals surface area contributed by atoms with Gasteiger partial charge in [0, 0.05) is 13.1 Å². The molecule has 0 saturated heterocycles. The number of hydrogen-bond donors (Lipinski definition) is 1. The van der Waals surface area contributed by atoms with E-state index in [1.165, 1.54) is 0 Å². The molecular formula is C9H10NNaO2. The van der Waals surface area contributed by atoms with E-state index in [0.29, 0.717) is 6.54 Å². The molecule has 1 rings (SSSR count). The predicted molar refractivity (Wildman–Crippen MR) is 43.2 cm³/mol. The second-order valence-corrected chi connectivity index (χ2v) is 2.46. The molecule has 0 fully saturated rings. The standard InChI is InChI=1S/C9H11NO2.Na/c11-9(12)7-10-6-8-4-2-1-3-5-8;/h1-5,10H,6-7H2,(H,11,12);/q;+1/p-1. The molecule has 0 aliphatic carbocycles. The number of hydrogen-bond acceptors (Lipinski definition) is 3. The van der Waals surface area contributed by atoms with Crippen LogP contribution in [-0.4, -0.2) is 12.5 Å². The average Bonchev–Trinajstić information content (AvgIpc) is 2.05. The number of carboxylic acid groups (broad SMARTS) is 1. The first-order valence-corrected chi connectivity index (χ1v) is 3.73. The van der Waals surface area contributed by atoms with Crippen LogP contribution in [0.1, 0.15) is 5.56 Å². The third-order valence-corrected chi connectivity index (χ3v) is 1.44. The Labute approximate surface area is 99.4 Å². The van der Waals surface area contributed by atoms with Gasteiger partial charge in [0.15, 0.2) is 0 Å². The number of carbonyl (C=O) groups excluding carboxylic acids is 1. The largest absolute Gasteiger partial charge is 1.00 e. The summed E-state index contributed by atoms with van der Waals surface area (Å²) in [5, 5.41) is 12.8. The fraction of sp³-hybridized carbons (Fsp3) is 0.222. The number of rotatable bonds is 4. The smallest absolute Gasteiger partial charge is 0.549 e. The van der Waals surface area contributed by atoms with Crippen molar-refractivity contribution in [3.05, 3.63) is 35.9 Å². The molecule has 0 aromatic heterocycles. The van der Waals surface area contributed by atoms with Gasteiger partial charge in [-0.2, -0.15) is 0 Å². The van der Waals surface area contributed by atoms with Crippen LogP contribution in [0.4, 0.5) is 0 Å². The van der Waals surface area contributed by atoms with Crippen LogP contribution < -0.4 is 40.0 Å². The summed E-state index contributed by atoms with van der Waals surface area (Å²) < 4.78 is 0. The van der Waals surface area contributed by atoms with Gasteiger partial charge in [-0.05, 0) is 5.56 Å². The summed E-state index contributed by atoms with van der Waals surface area (Å²) in [5.74, 6) is -1.08. The van der Waals surface area contributed by atoms with Crippen LogP contribution in [0.3, 0.4) is 0 Å². The normalized spacial score (nSPS) is 8.92. The fourth-order valence-electron chi connectivity index (χ4n) is 0.905. The van der Waals surface area contributed by atoms with Gasteiger partial charge in [-0.25, -0.2) is 0 Å². The van der Waals surface area contributed by atoms with E-state index in [1.807, 2.05) is 30.3 Å². The monoisotopic (exact) mass is 187 g/mol. The number of benzene rings is 1. The molecule has 0 heterocycles. The summed E-state index contributed by atoms with van der Waals surface area (Å²) in [6.07, 6.45) is 0. The Balaban J connectivity index is 0.00000144. The van der Waals surface area contributed by atoms with Crippen LogP contribution in [0, 0.1) is 0 Å². The van der Waals surface area contributed by atoms with Gasteiger partial charge in [-0.3, -0.25) is 0 Å². The van der Waals surface area contributed by atoms with E-state index >= 15 is 0 Å². The van der Waals surface area contributed by atoms with Gasteiger partial charge < -0.3 is 15.2 Å². The SMILES string of the molecule is O=C([O-])CNCc1ccccc1.[Na+]. The molecule has 0 atom stereocenters. The van der Waals surface area contributed by atoms with Crippen molar-refractivity contribution in [3.63, 3.8) is 0 Å². The molecule has 1 aromatic carbocycles. The molecule has 0 amide bonds. The van der Waals surface area contributed by atoms with Crippen LogP contribution in [-0.2, 0) is 11.3 Å². The molecule has 0 bridgehead atoms. The summed E-state index contributed by atoms with van der Waals surface area (Å²) in [5.41, 5.74) is 1.07. The van der Waals surface area contributed by atoms with Crippen LogP contribution in [0.2, 0.25) is 0 Å². The summed E-state index contributed by atoms with van der Waals surface area (Å²) in [6.45, 7) is 0.462. The van der Waals surface area contributed by atoms with Crippen molar-refractivity contribution in [2.24, 2.45) is 0 Å². The molecule has 13 heavy (non-hydrogen) atoms. The van der Waals surface area contributed by atoms with Gasteiger partial charge in [-0.15, -0.1) is 0 Å². The fourth-order valence-corrected chi connectivity index (χ4v) is 0.905. The Kier molecular flexibility index (Phi) is 6.90. The van der Waals surface area contributed by atoms with Crippen molar-refractivity contribution < 1.29 is 39.5 Å². The third-order valence-electron chi connectivity index (χ3n) is 1.44. The number of carboxylic acids is 1. The van der Waals surface area contributed by atoms with E-state index in [-0.39, 0.29) is 36.1 Å². The summed E-state index contributed by atoms with van der Waals surface area (Å²) in [7, 11) is 0. The molecule has 0 aliphatic heterocycles. The van der Waals surface area contributed by atoms with Gasteiger partial charge in [0.25, 0.3) is 0 Å². The van der Waals surface area contributed by atoms with Gasteiger partial charge in [0.1, 0.15) is 0 Å². The number of aliphatic carboxylic acids is 1. The summed E-state index contributed by atoms with van der Waals surface area (Å²) in [6, 6.07) is 9.61. The maximum atomic E-state index is 10.0. The Bertz CT molecular complexity index is 251. The number of carbonyl (C=O) groups is 1. The molecule has 0 radical (unpaired) electrons. The minimum absolute atomic E-state index is 0. The van der Waals surface area contributed by atoms with Crippen LogP contribution >= 0.6 is 0 Å². The van der Waals surface area contributed by atoms with Crippen LogP contribution in [0.15, 0.2) is 30.3 Å². The maximum Gasteiger partial charge on any atom is 1.00 e. The molecule has 0 spiro atoms. The van der Waals surface area contributed by atoms with Crippen molar-refractivity contribution in [2.45, 2.75) is 6.54 Å². The van der Waals surface area contributed by atoms with Gasteiger partial charge in [0.05, 0.1) is 5.97 Å². The minimum atomic E-state index is -1.08. The van der Waals surface area contributed by atoms with Crippen molar-refractivity contribution in [2.75, 3.05) is 6.54 Å². The first-order valence-electron chi connectivity index (χ1n) is 3.73. The minimum Gasteiger partial charge on any atom is -0.549 e. The van der Waals surface area contributed by atoms with Crippen molar-refractivity contribution in [1.82, 2.24) is 5.32 Å². The summed E-state index contributed by atoms with van der Waals surface area (Å²) in [4.78, 5) is 10.0. The van der Waals surface area contributed by atoms with E-state index in [9.17, 15) is 9.90 Å². The van der Waals surface area contributed by atoms with E-state index in [2.05, 4.69) is 5.32 Å². The first kappa shape index (κ1) is 12.7. The molecule has 1 N–H and O–H groups in total. The Morgan fingerprint density at radius 1 is 1.31 bits per heavy atom. The van der Waals surface area contributed by atoms with E-state index in [0.717, 1.165) is 5.56 Å². The molecule has 64 valence electrons. The average molecular weight is 187 g/mol. The Hall–Kier alpha value is -0.350. The molecule has 0 aliphatic rings. The predicted octanol–water partition coefficient (Wildman–Crippen LogP) is -3.47. The van der Waals surface area contributed by atoms with Gasteiger partial charge >= 0.3 is 29.6 Å². The topological polar surface area (TPSA) is 52.2 Å². The third kappa shape index (κ3) is 5.82. The van der Waals surface area contributed by atoms with Gasteiger partial charge in [-0.1, -0.05) is 30.3 Å². The molecule has 0 saturated carbocycles. The first-order chi connectivity index (χ1) is 5.79. The van der Waals surface area contributed by atoms with Crippen molar-refractivity contribution in [3.8, 4) is 0 Å². The molecule has 3 nitrogen and oxygen atoms in total. The zero-order valence-electron chi connectivity index (χ0n) is 7.62. The van der Waals surface area contributed by atoms with Gasteiger partial charge in [0.2, 0.25) is 0 Å². The molecule has 4 heteroatoms. The van der Waals surface area contributed by atoms with Crippen molar-refractivity contribution >= 4 is 5.97 Å². The van der Waals surface area contributed by atoms with Crippen molar-refractivity contribution in [1.29, 1.82) is 0 Å². The Morgan fingerprint density at radius 3 is 2.46 bits per heavy atom. The molecule has 0 unspecified atom stereocenters. The molecule has 1 aromatic rings. The second kappa shape index (κ2) is 7.09. The van der Waals surface area contributed by atoms with E-state index in [4.69, 9.17) is 0 Å². The van der Waals surface area contributed by atoms with Crippen LogP contribution in [0.25, 0.3) is 0 Å². The number of nitrogens with one attached hydrogen (secondary N) is 1. The summed E-state index contributed by atoms with van der Waals surface area (Å²) >= 11 is 0. The van der Waals surface area contributed by atoms with E-state index < -0.39 is 5.97 Å². The van der Waals surface area contributed by atoms with Crippen LogP contribution in [0.5, 0.6) is 0 Å². The molecular weight excluding hydrogens is 177 g/mol. The zero-order valence-corrected chi connectivity index (χ0v) is 9.62. The maximum absolute atomic E-state index is 10.0. The second-order valence-electron chi connectivity index (χ2n) is 2.46. The Morgan fingerprint density at radius 2 is 1.92 bits per heavy atom.